The summed E-state index contributed by atoms with van der Waals surface area (Å²) in [6.07, 6.45) is 2.67. The Hall–Kier alpha value is -3.00. The molecule has 3 N–H and O–H groups in total. The van der Waals surface area contributed by atoms with Crippen LogP contribution in [-0.4, -0.2) is 31.3 Å². The highest BCUT2D eigenvalue weighted by Crippen LogP contribution is 2.29. The van der Waals surface area contributed by atoms with Crippen LogP contribution in [0.3, 0.4) is 0 Å². The van der Waals surface area contributed by atoms with Gasteiger partial charge >= 0.3 is 0 Å². The fraction of sp³-hybridized carbons (Fsp3) is 0.333. The number of carbonyl (C=O) groups excluding carboxylic acids is 1. The number of benzene rings is 2. The number of hydrogen-bond acceptors (Lipinski definition) is 5. The van der Waals surface area contributed by atoms with Crippen LogP contribution in [0.15, 0.2) is 36.4 Å². The SMILES string of the molecule is COc1ccc(NC(=S)NNC(=O)C(C)Oc2ccc3c(c2)CCC3)cc1OC. The lowest BCUT2D eigenvalue weighted by Gasteiger charge is -2.17. The molecule has 0 fully saturated rings. The second-order valence-corrected chi connectivity index (χ2v) is 7.09. The van der Waals surface area contributed by atoms with Crippen molar-refractivity contribution < 1.29 is 19.0 Å². The number of anilines is 1. The van der Waals surface area contributed by atoms with Crippen molar-refractivity contribution in [3.05, 3.63) is 47.5 Å². The number of carbonyl (C=O) groups is 1. The molecular weight excluding hydrogens is 390 g/mol. The summed E-state index contributed by atoms with van der Waals surface area (Å²) in [4.78, 5) is 12.3. The van der Waals surface area contributed by atoms with Gasteiger partial charge in [-0.05, 0) is 73.8 Å². The van der Waals surface area contributed by atoms with E-state index >= 15 is 0 Å². The third-order valence-electron chi connectivity index (χ3n) is 4.69. The van der Waals surface area contributed by atoms with Crippen molar-refractivity contribution in [3.8, 4) is 17.2 Å². The average Bonchev–Trinajstić information content (AvgIpc) is 3.19. The second-order valence-electron chi connectivity index (χ2n) is 6.68. The number of aryl methyl sites for hydroxylation is 2. The van der Waals surface area contributed by atoms with Crippen molar-refractivity contribution in [2.24, 2.45) is 0 Å². The molecule has 154 valence electrons. The van der Waals surface area contributed by atoms with E-state index in [0.717, 1.165) is 12.8 Å². The first kappa shape index (κ1) is 20.7. The number of hydrogen-bond donors (Lipinski definition) is 3. The van der Waals surface area contributed by atoms with E-state index in [1.54, 1.807) is 39.3 Å². The van der Waals surface area contributed by atoms with Crippen LogP contribution in [-0.2, 0) is 17.6 Å². The Balaban J connectivity index is 1.48. The molecule has 0 aromatic heterocycles. The number of fused-ring (bicyclic) bond motifs is 1. The predicted octanol–water partition coefficient (Wildman–Crippen LogP) is 2.98. The van der Waals surface area contributed by atoms with Crippen LogP contribution in [0.5, 0.6) is 17.2 Å². The number of thiocarbonyl (C=S) groups is 1. The van der Waals surface area contributed by atoms with Crippen molar-refractivity contribution in [1.29, 1.82) is 0 Å². The maximum Gasteiger partial charge on any atom is 0.279 e. The van der Waals surface area contributed by atoms with E-state index in [4.69, 9.17) is 26.4 Å². The van der Waals surface area contributed by atoms with Gasteiger partial charge in [-0.3, -0.25) is 15.6 Å². The van der Waals surface area contributed by atoms with Gasteiger partial charge < -0.3 is 19.5 Å². The van der Waals surface area contributed by atoms with Crippen molar-refractivity contribution in [2.75, 3.05) is 19.5 Å². The van der Waals surface area contributed by atoms with E-state index in [1.807, 2.05) is 12.1 Å². The molecule has 0 heterocycles. The van der Waals surface area contributed by atoms with E-state index in [0.29, 0.717) is 22.9 Å². The topological polar surface area (TPSA) is 80.9 Å². The maximum atomic E-state index is 12.3. The summed E-state index contributed by atoms with van der Waals surface area (Å²) < 4.78 is 16.2. The molecule has 8 heteroatoms. The molecule has 0 saturated heterocycles. The summed E-state index contributed by atoms with van der Waals surface area (Å²) in [6.45, 7) is 1.69. The Bertz CT molecular complexity index is 903. The molecule has 1 unspecified atom stereocenters. The van der Waals surface area contributed by atoms with E-state index in [1.165, 1.54) is 17.5 Å². The largest absolute Gasteiger partial charge is 0.493 e. The highest BCUT2D eigenvalue weighted by Gasteiger charge is 2.17. The quantitative estimate of drug-likeness (QED) is 0.494. The van der Waals surface area contributed by atoms with Crippen LogP contribution in [0.2, 0.25) is 0 Å². The minimum absolute atomic E-state index is 0.232. The van der Waals surface area contributed by atoms with Gasteiger partial charge in [-0.15, -0.1) is 0 Å². The van der Waals surface area contributed by atoms with Gasteiger partial charge in [0.1, 0.15) is 5.75 Å². The maximum absolute atomic E-state index is 12.3. The van der Waals surface area contributed by atoms with Gasteiger partial charge in [0.2, 0.25) is 0 Å². The lowest BCUT2D eigenvalue weighted by Crippen LogP contribution is -2.48. The van der Waals surface area contributed by atoms with Gasteiger partial charge in [0.05, 0.1) is 14.2 Å². The second kappa shape index (κ2) is 9.47. The number of methoxy groups -OCH3 is 2. The molecule has 0 saturated carbocycles. The van der Waals surface area contributed by atoms with Gasteiger partial charge in [-0.2, -0.15) is 0 Å². The smallest absolute Gasteiger partial charge is 0.279 e. The molecule has 1 amide bonds. The van der Waals surface area contributed by atoms with Crippen molar-refractivity contribution >= 4 is 28.9 Å². The summed E-state index contributed by atoms with van der Waals surface area (Å²) in [7, 11) is 3.12. The molecule has 0 bridgehead atoms. The summed E-state index contributed by atoms with van der Waals surface area (Å²) in [5, 5.41) is 3.20. The zero-order valence-corrected chi connectivity index (χ0v) is 17.5. The first-order valence-electron chi connectivity index (χ1n) is 9.37. The minimum atomic E-state index is -0.675. The summed E-state index contributed by atoms with van der Waals surface area (Å²) in [5.41, 5.74) is 8.58. The molecule has 0 spiro atoms. The first-order chi connectivity index (χ1) is 14.0. The number of ether oxygens (including phenoxy) is 3. The Morgan fingerprint density at radius 3 is 2.52 bits per heavy atom. The van der Waals surface area contributed by atoms with Gasteiger partial charge in [0.15, 0.2) is 22.7 Å². The summed E-state index contributed by atoms with van der Waals surface area (Å²) in [6, 6.07) is 11.3. The molecule has 7 nitrogen and oxygen atoms in total. The van der Waals surface area contributed by atoms with Crippen LogP contribution in [0, 0.1) is 0 Å². The third-order valence-corrected chi connectivity index (χ3v) is 4.90. The lowest BCUT2D eigenvalue weighted by molar-refractivity contribution is -0.127. The lowest BCUT2D eigenvalue weighted by atomic mass is 10.1. The first-order valence-corrected chi connectivity index (χ1v) is 9.78. The summed E-state index contributed by atoms with van der Waals surface area (Å²) >= 11 is 5.22. The van der Waals surface area contributed by atoms with Gasteiger partial charge in [0.25, 0.3) is 5.91 Å². The zero-order chi connectivity index (χ0) is 20.8. The van der Waals surface area contributed by atoms with Gasteiger partial charge in [-0.1, -0.05) is 6.07 Å². The molecule has 3 rings (SSSR count). The highest BCUT2D eigenvalue weighted by atomic mass is 32.1. The van der Waals surface area contributed by atoms with E-state index in [2.05, 4.69) is 22.2 Å². The monoisotopic (exact) mass is 415 g/mol. The van der Waals surface area contributed by atoms with E-state index in [-0.39, 0.29) is 11.0 Å². The molecule has 0 radical (unpaired) electrons. The van der Waals surface area contributed by atoms with Gasteiger partial charge in [0, 0.05) is 11.8 Å². The fourth-order valence-electron chi connectivity index (χ4n) is 3.18. The minimum Gasteiger partial charge on any atom is -0.493 e. The molecule has 1 aliphatic carbocycles. The number of amides is 1. The van der Waals surface area contributed by atoms with Crippen LogP contribution in [0.1, 0.15) is 24.5 Å². The van der Waals surface area contributed by atoms with Crippen molar-refractivity contribution in [3.63, 3.8) is 0 Å². The van der Waals surface area contributed by atoms with Crippen LogP contribution >= 0.6 is 12.2 Å². The molecule has 0 aliphatic heterocycles. The number of hydrazine groups is 1. The van der Waals surface area contributed by atoms with E-state index < -0.39 is 6.10 Å². The summed E-state index contributed by atoms with van der Waals surface area (Å²) in [5.74, 6) is 1.55. The molecule has 2 aromatic carbocycles. The Morgan fingerprint density at radius 2 is 1.76 bits per heavy atom. The molecule has 29 heavy (non-hydrogen) atoms. The van der Waals surface area contributed by atoms with Crippen LogP contribution in [0.4, 0.5) is 5.69 Å². The molecule has 2 aromatic rings. The Labute approximate surface area is 175 Å². The van der Waals surface area contributed by atoms with Gasteiger partial charge in [-0.25, -0.2) is 0 Å². The standard InChI is InChI=1S/C21H25N3O4S/c1-13(28-17-9-7-14-5-4-6-15(14)11-17)20(25)23-24-21(29)22-16-8-10-18(26-2)19(12-16)27-3/h7-13H,4-6H2,1-3H3,(H,23,25)(H2,22,24,29). The Morgan fingerprint density at radius 1 is 1.00 bits per heavy atom. The zero-order valence-electron chi connectivity index (χ0n) is 16.7. The van der Waals surface area contributed by atoms with E-state index in [9.17, 15) is 4.79 Å². The highest BCUT2D eigenvalue weighted by molar-refractivity contribution is 7.80. The van der Waals surface area contributed by atoms with Crippen LogP contribution < -0.4 is 30.4 Å². The molecular formula is C21H25N3O4S. The third kappa shape index (κ3) is 5.29. The van der Waals surface area contributed by atoms with Crippen molar-refractivity contribution in [1.82, 2.24) is 10.9 Å². The number of nitrogens with one attached hydrogen (secondary N) is 3. The van der Waals surface area contributed by atoms with Crippen LogP contribution in [0.25, 0.3) is 0 Å². The predicted molar refractivity (Wildman–Crippen MR) is 116 cm³/mol. The average molecular weight is 416 g/mol. The Kier molecular flexibility index (Phi) is 6.77. The fourth-order valence-corrected chi connectivity index (χ4v) is 3.34. The normalized spacial score (nSPS) is 13.1. The molecule has 1 aliphatic rings. The van der Waals surface area contributed by atoms with Crippen molar-refractivity contribution in [2.45, 2.75) is 32.3 Å². The molecule has 1 atom stereocenters. The number of rotatable bonds is 6.